The number of fused-ring (bicyclic) bond motifs is 2. The van der Waals surface area contributed by atoms with Gasteiger partial charge in [0.25, 0.3) is 0 Å². The molecule has 4 heteroatoms. The summed E-state index contributed by atoms with van der Waals surface area (Å²) in [4.78, 5) is 13.9. The minimum atomic E-state index is 0.00918. The first-order valence-electron chi connectivity index (χ1n) is 5.50. The number of hydrogen-bond acceptors (Lipinski definition) is 3. The quantitative estimate of drug-likeness (QED) is 0.797. The number of rotatable bonds is 2. The van der Waals surface area contributed by atoms with Crippen LogP contribution in [0, 0.1) is 0 Å². The third-order valence-electron chi connectivity index (χ3n) is 3.35. The second-order valence-electron chi connectivity index (χ2n) is 4.23. The summed E-state index contributed by atoms with van der Waals surface area (Å²) in [5.41, 5.74) is 0.893. The summed E-state index contributed by atoms with van der Waals surface area (Å²) < 4.78 is 5.30. The molecule has 2 atom stereocenters. The van der Waals surface area contributed by atoms with Gasteiger partial charge in [0.2, 0.25) is 5.91 Å². The largest absolute Gasteiger partial charge is 0.495 e. The van der Waals surface area contributed by atoms with E-state index in [0.29, 0.717) is 0 Å². The number of carbonyl (C=O) groups excluding carboxylic acids is 1. The third kappa shape index (κ3) is 1.23. The van der Waals surface area contributed by atoms with Crippen molar-refractivity contribution in [3.05, 3.63) is 24.3 Å². The molecule has 1 aromatic rings. The molecule has 3 rings (SSSR count). The van der Waals surface area contributed by atoms with Crippen LogP contribution in [0.1, 0.15) is 6.42 Å². The summed E-state index contributed by atoms with van der Waals surface area (Å²) >= 11 is 0. The van der Waals surface area contributed by atoms with E-state index >= 15 is 0 Å². The van der Waals surface area contributed by atoms with Crippen LogP contribution in [0.2, 0.25) is 0 Å². The molecule has 0 aliphatic carbocycles. The van der Waals surface area contributed by atoms with E-state index in [2.05, 4.69) is 5.32 Å². The van der Waals surface area contributed by atoms with Crippen molar-refractivity contribution < 1.29 is 9.53 Å². The van der Waals surface area contributed by atoms with Gasteiger partial charge in [-0.3, -0.25) is 4.79 Å². The molecule has 2 heterocycles. The van der Waals surface area contributed by atoms with Gasteiger partial charge in [-0.25, -0.2) is 0 Å². The van der Waals surface area contributed by atoms with Crippen molar-refractivity contribution in [3.8, 4) is 5.75 Å². The zero-order valence-electron chi connectivity index (χ0n) is 9.14. The Hall–Kier alpha value is -1.55. The fourth-order valence-corrected chi connectivity index (χ4v) is 2.59. The zero-order valence-corrected chi connectivity index (χ0v) is 9.14. The molecule has 1 aromatic carbocycles. The molecule has 4 nitrogen and oxygen atoms in total. The molecule has 16 heavy (non-hydrogen) atoms. The second kappa shape index (κ2) is 3.49. The van der Waals surface area contributed by atoms with E-state index in [9.17, 15) is 4.79 Å². The Bertz CT molecular complexity index is 433. The monoisotopic (exact) mass is 218 g/mol. The number of hydrogen-bond donors (Lipinski definition) is 1. The molecule has 2 unspecified atom stereocenters. The van der Waals surface area contributed by atoms with Crippen molar-refractivity contribution in [3.63, 3.8) is 0 Å². The lowest BCUT2D eigenvalue weighted by molar-refractivity contribution is -0.119. The van der Waals surface area contributed by atoms with Gasteiger partial charge in [0.05, 0.1) is 24.9 Å². The number of methoxy groups -OCH3 is 1. The Morgan fingerprint density at radius 2 is 2.25 bits per heavy atom. The number of nitrogens with zero attached hydrogens (tertiary/aromatic N) is 1. The Balaban J connectivity index is 2.01. The molecule has 1 amide bonds. The van der Waals surface area contributed by atoms with Gasteiger partial charge < -0.3 is 15.0 Å². The maximum absolute atomic E-state index is 12.0. The summed E-state index contributed by atoms with van der Waals surface area (Å²) in [6, 6.07) is 7.98. The van der Waals surface area contributed by atoms with Crippen molar-refractivity contribution >= 4 is 11.6 Å². The van der Waals surface area contributed by atoms with Crippen LogP contribution in [0.5, 0.6) is 5.75 Å². The molecule has 0 aromatic heterocycles. The normalized spacial score (nSPS) is 27.6. The number of ether oxygens (including phenoxy) is 1. The number of benzene rings is 1. The van der Waals surface area contributed by atoms with Gasteiger partial charge in [0, 0.05) is 6.54 Å². The van der Waals surface area contributed by atoms with E-state index in [0.717, 1.165) is 24.4 Å². The van der Waals surface area contributed by atoms with E-state index in [1.807, 2.05) is 29.2 Å². The van der Waals surface area contributed by atoms with E-state index < -0.39 is 0 Å². The summed E-state index contributed by atoms with van der Waals surface area (Å²) in [5.74, 6) is 0.934. The number of nitrogens with one attached hydrogen (secondary N) is 1. The van der Waals surface area contributed by atoms with Gasteiger partial charge in [0.15, 0.2) is 0 Å². The molecule has 84 valence electrons. The van der Waals surface area contributed by atoms with Crippen molar-refractivity contribution in [1.29, 1.82) is 0 Å². The molecule has 2 fully saturated rings. The Labute approximate surface area is 94.2 Å². The molecule has 0 radical (unpaired) electrons. The lowest BCUT2D eigenvalue weighted by Gasteiger charge is -2.28. The molecule has 0 saturated carbocycles. The Morgan fingerprint density at radius 1 is 1.44 bits per heavy atom. The van der Waals surface area contributed by atoms with E-state index in [4.69, 9.17) is 4.74 Å². The predicted octanol–water partition coefficient (Wildman–Crippen LogP) is 0.772. The van der Waals surface area contributed by atoms with Crippen LogP contribution in [0.15, 0.2) is 24.3 Å². The first-order valence-corrected chi connectivity index (χ1v) is 5.50. The van der Waals surface area contributed by atoms with Crippen LogP contribution < -0.4 is 15.0 Å². The van der Waals surface area contributed by atoms with Crippen LogP contribution in [0.4, 0.5) is 5.69 Å². The first kappa shape index (κ1) is 9.66. The lowest BCUT2D eigenvalue weighted by atomic mass is 10.2. The number of piperazine rings is 1. The second-order valence-corrected chi connectivity index (χ2v) is 4.23. The molecule has 2 aliphatic heterocycles. The molecule has 2 bridgehead atoms. The third-order valence-corrected chi connectivity index (χ3v) is 3.35. The van der Waals surface area contributed by atoms with Crippen LogP contribution in [0.25, 0.3) is 0 Å². The highest BCUT2D eigenvalue weighted by molar-refractivity contribution is 6.02. The average Bonchev–Trinajstić information content (AvgIpc) is 2.89. The predicted molar refractivity (Wildman–Crippen MR) is 60.7 cm³/mol. The van der Waals surface area contributed by atoms with Crippen molar-refractivity contribution in [2.75, 3.05) is 18.6 Å². The van der Waals surface area contributed by atoms with Gasteiger partial charge in [0.1, 0.15) is 5.75 Å². The molecular weight excluding hydrogens is 204 g/mol. The van der Waals surface area contributed by atoms with Crippen molar-refractivity contribution in [1.82, 2.24) is 5.32 Å². The van der Waals surface area contributed by atoms with Gasteiger partial charge in [-0.15, -0.1) is 0 Å². The minimum absolute atomic E-state index is 0.00918. The lowest BCUT2D eigenvalue weighted by Crippen LogP contribution is -2.48. The van der Waals surface area contributed by atoms with Crippen LogP contribution in [-0.4, -0.2) is 31.6 Å². The van der Waals surface area contributed by atoms with Gasteiger partial charge in [-0.1, -0.05) is 12.1 Å². The number of amides is 1. The van der Waals surface area contributed by atoms with Crippen LogP contribution in [0.3, 0.4) is 0 Å². The summed E-state index contributed by atoms with van der Waals surface area (Å²) in [7, 11) is 1.63. The number of anilines is 1. The molecule has 2 aliphatic rings. The first-order chi connectivity index (χ1) is 7.81. The van der Waals surface area contributed by atoms with Gasteiger partial charge in [-0.05, 0) is 18.6 Å². The van der Waals surface area contributed by atoms with Crippen molar-refractivity contribution in [2.45, 2.75) is 18.5 Å². The topological polar surface area (TPSA) is 41.6 Å². The Morgan fingerprint density at radius 3 is 2.94 bits per heavy atom. The highest BCUT2D eigenvalue weighted by Crippen LogP contribution is 2.36. The van der Waals surface area contributed by atoms with Gasteiger partial charge >= 0.3 is 0 Å². The standard InChI is InChI=1S/C12H14N2O2/c1-16-11-5-3-2-4-10(11)14-8-6-9(12(14)15)13-7-8/h2-5,8-9,13H,6-7H2,1H3. The maximum atomic E-state index is 12.0. The average molecular weight is 218 g/mol. The van der Waals surface area contributed by atoms with E-state index in [1.54, 1.807) is 7.11 Å². The SMILES string of the molecule is COc1ccccc1N1C(=O)C2CC1CN2. The van der Waals surface area contributed by atoms with Crippen molar-refractivity contribution in [2.24, 2.45) is 0 Å². The fraction of sp³-hybridized carbons (Fsp3) is 0.417. The Kier molecular flexibility index (Phi) is 2.11. The summed E-state index contributed by atoms with van der Waals surface area (Å²) in [6.07, 6.45) is 0.914. The summed E-state index contributed by atoms with van der Waals surface area (Å²) in [6.45, 7) is 0.883. The maximum Gasteiger partial charge on any atom is 0.244 e. The van der Waals surface area contributed by atoms with Gasteiger partial charge in [-0.2, -0.15) is 0 Å². The highest BCUT2D eigenvalue weighted by Gasteiger charge is 2.45. The molecule has 2 saturated heterocycles. The molecule has 0 spiro atoms. The van der Waals surface area contributed by atoms with Crippen LogP contribution in [-0.2, 0) is 4.79 Å². The smallest absolute Gasteiger partial charge is 0.244 e. The highest BCUT2D eigenvalue weighted by atomic mass is 16.5. The number of para-hydroxylation sites is 2. The fourth-order valence-electron chi connectivity index (χ4n) is 2.59. The molecular formula is C12H14N2O2. The summed E-state index contributed by atoms with van der Waals surface area (Å²) in [5, 5.41) is 3.21. The zero-order chi connectivity index (χ0) is 11.1. The van der Waals surface area contributed by atoms with E-state index in [-0.39, 0.29) is 18.0 Å². The minimum Gasteiger partial charge on any atom is -0.495 e. The van der Waals surface area contributed by atoms with E-state index in [1.165, 1.54) is 0 Å². The molecule has 1 N–H and O–H groups in total. The number of carbonyl (C=O) groups is 1. The van der Waals surface area contributed by atoms with Crippen LogP contribution >= 0.6 is 0 Å².